The van der Waals surface area contributed by atoms with Gasteiger partial charge in [0, 0.05) is 38.6 Å². The molecule has 0 saturated heterocycles. The second-order valence-corrected chi connectivity index (χ2v) is 12.5. The third kappa shape index (κ3) is 4.33. The van der Waals surface area contributed by atoms with Crippen molar-refractivity contribution in [2.45, 2.75) is 71.8 Å². The Morgan fingerprint density at radius 1 is 0.545 bits per heavy atom. The van der Waals surface area contributed by atoms with Gasteiger partial charge in [-0.05, 0) is 97.8 Å². The van der Waals surface area contributed by atoms with Crippen LogP contribution in [-0.2, 0) is 5.41 Å². The molecule has 0 fully saturated rings. The van der Waals surface area contributed by atoms with Gasteiger partial charge < -0.3 is 4.74 Å². The first-order valence-corrected chi connectivity index (χ1v) is 15.2. The Labute approximate surface area is 257 Å². The largest absolute Gasteiger partial charge is 0.457 e. The maximum absolute atomic E-state index is 13.8. The Hall–Kier alpha value is -4.78. The topological polar surface area (TPSA) is 84.0 Å². The second-order valence-electron chi connectivity index (χ2n) is 12.5. The summed E-state index contributed by atoms with van der Waals surface area (Å²) < 4.78 is 6.04. The summed E-state index contributed by atoms with van der Waals surface area (Å²) in [4.78, 5) is 57.5. The maximum Gasteiger partial charge on any atom is 0.265 e. The molecule has 0 bridgehead atoms. The quantitative estimate of drug-likeness (QED) is 0.193. The average molecular weight is 589 g/mol. The van der Waals surface area contributed by atoms with Gasteiger partial charge in [-0.25, -0.2) is 4.90 Å². The summed E-state index contributed by atoms with van der Waals surface area (Å²) in [5.74, 6) is -0.572. The number of rotatable bonds is 8. The number of benzene rings is 4. The average Bonchev–Trinajstić information content (AvgIpc) is 3.03. The monoisotopic (exact) mass is 588 g/mol. The molecule has 7 heteroatoms. The van der Waals surface area contributed by atoms with Crippen molar-refractivity contribution in [3.05, 3.63) is 101 Å². The van der Waals surface area contributed by atoms with E-state index in [4.69, 9.17) is 4.74 Å². The fourth-order valence-electron chi connectivity index (χ4n) is 6.14. The van der Waals surface area contributed by atoms with E-state index in [9.17, 15) is 19.2 Å². The van der Waals surface area contributed by atoms with Crippen LogP contribution in [0.3, 0.4) is 0 Å². The molecule has 4 aromatic carbocycles. The molecule has 7 nitrogen and oxygen atoms in total. The zero-order valence-corrected chi connectivity index (χ0v) is 26.0. The number of carbonyl (C=O) groups excluding carboxylic acids is 4. The van der Waals surface area contributed by atoms with Gasteiger partial charge in [0.2, 0.25) is 0 Å². The normalized spacial score (nSPS) is 15.0. The number of carbonyl (C=O) groups is 4. The van der Waals surface area contributed by atoms with Gasteiger partial charge in [-0.2, -0.15) is 0 Å². The summed E-state index contributed by atoms with van der Waals surface area (Å²) in [5.41, 5.74) is 2.26. The molecule has 0 atom stereocenters. The molecule has 224 valence electrons. The van der Waals surface area contributed by atoms with Crippen molar-refractivity contribution in [1.82, 2.24) is 4.90 Å². The van der Waals surface area contributed by atoms with E-state index in [1.807, 2.05) is 32.9 Å². The Morgan fingerprint density at radius 2 is 0.955 bits per heavy atom. The van der Waals surface area contributed by atoms with Gasteiger partial charge in [0.15, 0.2) is 0 Å². The highest BCUT2D eigenvalue weighted by molar-refractivity contribution is 6.39. The van der Waals surface area contributed by atoms with Crippen LogP contribution in [0.1, 0.15) is 108 Å². The van der Waals surface area contributed by atoms with Crippen LogP contribution < -0.4 is 9.64 Å². The van der Waals surface area contributed by atoms with Crippen molar-refractivity contribution >= 4 is 40.1 Å². The molecule has 44 heavy (non-hydrogen) atoms. The van der Waals surface area contributed by atoms with Gasteiger partial charge in [-0.1, -0.05) is 46.8 Å². The number of ether oxygens (including phenoxy) is 1. The number of amides is 4. The van der Waals surface area contributed by atoms with Crippen molar-refractivity contribution in [2.75, 3.05) is 4.90 Å². The highest BCUT2D eigenvalue weighted by Crippen LogP contribution is 2.41. The van der Waals surface area contributed by atoms with Crippen LogP contribution >= 0.6 is 0 Å². The molecule has 2 aliphatic heterocycles. The van der Waals surface area contributed by atoms with E-state index in [0.29, 0.717) is 51.9 Å². The minimum absolute atomic E-state index is 0.0771. The molecule has 4 amide bonds. The van der Waals surface area contributed by atoms with Crippen LogP contribution in [0.5, 0.6) is 11.5 Å². The van der Waals surface area contributed by atoms with Crippen LogP contribution in [0, 0.1) is 0 Å². The lowest BCUT2D eigenvalue weighted by Crippen LogP contribution is -2.54. The third-order valence-corrected chi connectivity index (χ3v) is 9.81. The molecule has 0 aromatic heterocycles. The Morgan fingerprint density at radius 3 is 1.36 bits per heavy atom. The molecule has 0 unspecified atom stereocenters. The molecule has 2 aliphatic rings. The molecule has 0 N–H and O–H groups in total. The molecule has 2 heterocycles. The number of nitrogens with zero attached hydrogens (tertiary/aromatic N) is 2. The van der Waals surface area contributed by atoms with Gasteiger partial charge in [0.25, 0.3) is 23.6 Å². The van der Waals surface area contributed by atoms with E-state index < -0.39 is 29.2 Å². The molecular weight excluding hydrogens is 552 g/mol. The Kier molecular flexibility index (Phi) is 6.95. The summed E-state index contributed by atoms with van der Waals surface area (Å²) in [6.45, 7) is 12.4. The smallest absolute Gasteiger partial charge is 0.265 e. The zero-order chi connectivity index (χ0) is 31.6. The van der Waals surface area contributed by atoms with Crippen molar-refractivity contribution in [1.29, 1.82) is 0 Å². The Balaban J connectivity index is 1.32. The summed E-state index contributed by atoms with van der Waals surface area (Å²) in [5, 5.41) is 0.733. The van der Waals surface area contributed by atoms with E-state index in [-0.39, 0.29) is 16.5 Å². The van der Waals surface area contributed by atoms with E-state index in [2.05, 4.69) is 32.9 Å². The lowest BCUT2D eigenvalue weighted by Gasteiger charge is -2.41. The zero-order valence-electron chi connectivity index (χ0n) is 26.0. The first kappa shape index (κ1) is 29.3. The Bertz CT molecular complexity index is 1780. The minimum atomic E-state index is -0.652. The molecular formula is C37H36N2O5. The highest BCUT2D eigenvalue weighted by atomic mass is 16.5. The van der Waals surface area contributed by atoms with Crippen molar-refractivity contribution in [3.63, 3.8) is 0 Å². The van der Waals surface area contributed by atoms with E-state index >= 15 is 0 Å². The second kappa shape index (κ2) is 10.4. The van der Waals surface area contributed by atoms with Crippen molar-refractivity contribution in [3.8, 4) is 11.5 Å². The standard InChI is InChI=1S/C37H36N2O5/c1-7-36(4,5)22-10-14-24(15-11-22)44-25-16-12-23(13-17-25)38-32(40)26-18-20-28-31-29(21-19-27(30(26)31)33(38)41)35(43)39(34(28)42)37(6,8-2)9-3/h10-21H,7-9H2,1-6H3. The van der Waals surface area contributed by atoms with Crippen LogP contribution in [0.2, 0.25) is 0 Å². The minimum Gasteiger partial charge on any atom is -0.457 e. The van der Waals surface area contributed by atoms with Gasteiger partial charge in [0.05, 0.1) is 5.69 Å². The summed E-state index contributed by atoms with van der Waals surface area (Å²) in [6.07, 6.45) is 2.24. The van der Waals surface area contributed by atoms with Crippen LogP contribution in [-0.4, -0.2) is 34.1 Å². The maximum atomic E-state index is 13.8. The van der Waals surface area contributed by atoms with Crippen LogP contribution in [0.15, 0.2) is 72.8 Å². The van der Waals surface area contributed by atoms with E-state index in [0.717, 1.165) is 11.3 Å². The first-order valence-electron chi connectivity index (χ1n) is 15.2. The molecule has 0 saturated carbocycles. The molecule has 6 rings (SSSR count). The van der Waals surface area contributed by atoms with Crippen molar-refractivity contribution < 1.29 is 23.9 Å². The number of hydrogen-bond donors (Lipinski definition) is 0. The lowest BCUT2D eigenvalue weighted by atomic mass is 9.82. The lowest BCUT2D eigenvalue weighted by molar-refractivity contribution is 0.0386. The third-order valence-electron chi connectivity index (χ3n) is 9.81. The molecule has 0 spiro atoms. The fraction of sp³-hybridized carbons (Fsp3) is 0.297. The molecule has 4 aromatic rings. The number of anilines is 1. The number of imide groups is 2. The van der Waals surface area contributed by atoms with E-state index in [1.165, 1.54) is 10.5 Å². The van der Waals surface area contributed by atoms with E-state index in [1.54, 1.807) is 48.5 Å². The van der Waals surface area contributed by atoms with Gasteiger partial charge >= 0.3 is 0 Å². The predicted molar refractivity (Wildman–Crippen MR) is 171 cm³/mol. The fourth-order valence-corrected chi connectivity index (χ4v) is 6.14. The molecule has 0 radical (unpaired) electrons. The first-order chi connectivity index (χ1) is 21.0. The summed E-state index contributed by atoms with van der Waals surface area (Å²) in [7, 11) is 0. The van der Waals surface area contributed by atoms with Crippen LogP contribution in [0.4, 0.5) is 5.69 Å². The van der Waals surface area contributed by atoms with Gasteiger partial charge in [0.1, 0.15) is 11.5 Å². The van der Waals surface area contributed by atoms with Gasteiger partial charge in [-0.15, -0.1) is 0 Å². The van der Waals surface area contributed by atoms with Gasteiger partial charge in [-0.3, -0.25) is 24.1 Å². The number of hydrogen-bond acceptors (Lipinski definition) is 5. The molecule has 0 aliphatic carbocycles. The summed E-state index contributed by atoms with van der Waals surface area (Å²) in [6, 6.07) is 21.2. The van der Waals surface area contributed by atoms with Crippen molar-refractivity contribution in [2.24, 2.45) is 0 Å². The predicted octanol–water partition coefficient (Wildman–Crippen LogP) is 8.30. The summed E-state index contributed by atoms with van der Waals surface area (Å²) >= 11 is 0. The SMILES string of the molecule is CCC(C)(C)c1ccc(Oc2ccc(N3C(=O)c4ccc5c6c(ccc(c46)C3=O)C(=O)N(C(C)(CC)CC)C5=O)cc2)cc1. The highest BCUT2D eigenvalue weighted by Gasteiger charge is 2.45. The van der Waals surface area contributed by atoms with Crippen LogP contribution in [0.25, 0.3) is 10.8 Å².